The van der Waals surface area contributed by atoms with Crippen LogP contribution < -0.4 is 9.80 Å². The van der Waals surface area contributed by atoms with Crippen LogP contribution in [0.2, 0.25) is 0 Å². The van der Waals surface area contributed by atoms with Gasteiger partial charge in [0.15, 0.2) is 5.65 Å². The zero-order valence-electron chi connectivity index (χ0n) is 20.5. The standard InChI is InChI=1S/C30H28BrN5/c1-21-8-9-22(2)27(18-21)34-14-16-35(17-15-34)29-28-26(23-6-4-3-5-7-23)19-36(30(28)33-20-32-29)25-12-10-24(31)11-13-25/h3-13,18-20H,14-17H2,1-2H3. The summed E-state index contributed by atoms with van der Waals surface area (Å²) in [4.78, 5) is 14.5. The summed E-state index contributed by atoms with van der Waals surface area (Å²) in [5.74, 6) is 1.01. The molecule has 1 fully saturated rings. The van der Waals surface area contributed by atoms with Crippen LogP contribution in [0.15, 0.2) is 89.8 Å². The summed E-state index contributed by atoms with van der Waals surface area (Å²) in [5, 5.41) is 1.10. The molecule has 1 aliphatic heterocycles. The van der Waals surface area contributed by atoms with E-state index in [4.69, 9.17) is 9.97 Å². The Labute approximate surface area is 220 Å². The van der Waals surface area contributed by atoms with E-state index in [-0.39, 0.29) is 0 Å². The highest BCUT2D eigenvalue weighted by atomic mass is 79.9. The first-order chi connectivity index (χ1) is 17.6. The fourth-order valence-electron chi connectivity index (χ4n) is 5.14. The van der Waals surface area contributed by atoms with Crippen LogP contribution >= 0.6 is 15.9 Å². The molecule has 6 heteroatoms. The Morgan fingerprint density at radius 1 is 0.778 bits per heavy atom. The van der Waals surface area contributed by atoms with Crippen LogP contribution in [0.25, 0.3) is 27.8 Å². The van der Waals surface area contributed by atoms with Gasteiger partial charge in [0.05, 0.1) is 5.39 Å². The number of benzene rings is 3. The third-order valence-corrected chi connectivity index (χ3v) is 7.57. The second kappa shape index (κ2) is 9.43. The number of hydrogen-bond donors (Lipinski definition) is 0. The highest BCUT2D eigenvalue weighted by Gasteiger charge is 2.24. The molecular weight excluding hydrogens is 510 g/mol. The topological polar surface area (TPSA) is 37.2 Å². The van der Waals surface area contributed by atoms with E-state index in [9.17, 15) is 0 Å². The lowest BCUT2D eigenvalue weighted by Crippen LogP contribution is -2.47. The van der Waals surface area contributed by atoms with Gasteiger partial charge >= 0.3 is 0 Å². The molecule has 0 N–H and O–H groups in total. The molecule has 1 aliphatic rings. The molecule has 3 aromatic carbocycles. The minimum Gasteiger partial charge on any atom is -0.368 e. The average Bonchev–Trinajstić information content (AvgIpc) is 3.31. The zero-order valence-corrected chi connectivity index (χ0v) is 22.1. The number of halogens is 1. The number of fused-ring (bicyclic) bond motifs is 1. The number of anilines is 2. The van der Waals surface area contributed by atoms with Gasteiger partial charge < -0.3 is 14.4 Å². The normalized spacial score (nSPS) is 14.0. The van der Waals surface area contributed by atoms with Crippen molar-refractivity contribution in [3.63, 3.8) is 0 Å². The van der Waals surface area contributed by atoms with Gasteiger partial charge in [0.25, 0.3) is 0 Å². The molecule has 0 spiro atoms. The van der Waals surface area contributed by atoms with Crippen molar-refractivity contribution in [2.75, 3.05) is 36.0 Å². The van der Waals surface area contributed by atoms with Crippen molar-refractivity contribution in [1.29, 1.82) is 0 Å². The Kier molecular flexibility index (Phi) is 5.97. The molecule has 0 amide bonds. The number of hydrogen-bond acceptors (Lipinski definition) is 4. The van der Waals surface area contributed by atoms with Gasteiger partial charge in [0.2, 0.25) is 0 Å². The Morgan fingerprint density at radius 2 is 1.50 bits per heavy atom. The first-order valence-electron chi connectivity index (χ1n) is 12.3. The van der Waals surface area contributed by atoms with Crippen molar-refractivity contribution in [3.8, 4) is 16.8 Å². The van der Waals surface area contributed by atoms with E-state index in [1.807, 2.05) is 0 Å². The van der Waals surface area contributed by atoms with Gasteiger partial charge in [-0.2, -0.15) is 0 Å². The number of aryl methyl sites for hydroxylation is 2. The van der Waals surface area contributed by atoms with E-state index in [0.717, 1.165) is 58.8 Å². The summed E-state index contributed by atoms with van der Waals surface area (Å²) in [5.41, 5.74) is 8.31. The molecule has 0 bridgehead atoms. The first kappa shape index (κ1) is 22.8. The van der Waals surface area contributed by atoms with Gasteiger partial charge in [-0.1, -0.05) is 58.4 Å². The monoisotopic (exact) mass is 537 g/mol. The summed E-state index contributed by atoms with van der Waals surface area (Å²) in [7, 11) is 0. The molecule has 6 rings (SSSR count). The van der Waals surface area contributed by atoms with Crippen molar-refractivity contribution >= 4 is 38.5 Å². The smallest absolute Gasteiger partial charge is 0.150 e. The second-order valence-electron chi connectivity index (χ2n) is 9.42. The van der Waals surface area contributed by atoms with E-state index in [2.05, 4.69) is 123 Å². The third-order valence-electron chi connectivity index (χ3n) is 7.04. The first-order valence-corrected chi connectivity index (χ1v) is 13.1. The molecule has 180 valence electrons. The van der Waals surface area contributed by atoms with E-state index in [1.54, 1.807) is 6.33 Å². The van der Waals surface area contributed by atoms with Crippen LogP contribution in [0.3, 0.4) is 0 Å². The molecule has 3 heterocycles. The van der Waals surface area contributed by atoms with Gasteiger partial charge in [0.1, 0.15) is 12.1 Å². The Morgan fingerprint density at radius 3 is 2.25 bits per heavy atom. The number of piperazine rings is 1. The third kappa shape index (κ3) is 4.16. The molecule has 36 heavy (non-hydrogen) atoms. The summed E-state index contributed by atoms with van der Waals surface area (Å²) < 4.78 is 3.24. The molecule has 5 aromatic rings. The maximum Gasteiger partial charge on any atom is 0.150 e. The molecule has 0 saturated carbocycles. The van der Waals surface area contributed by atoms with E-state index in [1.165, 1.54) is 22.4 Å². The van der Waals surface area contributed by atoms with Crippen LogP contribution in [0, 0.1) is 13.8 Å². The summed E-state index contributed by atoms with van der Waals surface area (Å²) in [6.45, 7) is 8.12. The van der Waals surface area contributed by atoms with Crippen LogP contribution in [-0.2, 0) is 0 Å². The molecule has 0 unspecified atom stereocenters. The van der Waals surface area contributed by atoms with Crippen LogP contribution in [0.4, 0.5) is 11.5 Å². The fourth-order valence-corrected chi connectivity index (χ4v) is 5.40. The Bertz CT molecular complexity index is 1520. The quantitative estimate of drug-likeness (QED) is 0.253. The average molecular weight is 538 g/mol. The largest absolute Gasteiger partial charge is 0.368 e. The van der Waals surface area contributed by atoms with Gasteiger partial charge in [-0.3, -0.25) is 0 Å². The highest BCUT2D eigenvalue weighted by Crippen LogP contribution is 2.37. The van der Waals surface area contributed by atoms with Gasteiger partial charge in [-0.25, -0.2) is 9.97 Å². The molecule has 0 radical (unpaired) electrons. The maximum atomic E-state index is 4.84. The highest BCUT2D eigenvalue weighted by molar-refractivity contribution is 9.10. The van der Waals surface area contributed by atoms with Crippen molar-refractivity contribution < 1.29 is 0 Å². The predicted octanol–water partition coefficient (Wildman–Crippen LogP) is 6.79. The van der Waals surface area contributed by atoms with Crippen molar-refractivity contribution in [3.05, 3.63) is 101 Å². The number of rotatable bonds is 4. The predicted molar refractivity (Wildman–Crippen MR) is 152 cm³/mol. The summed E-state index contributed by atoms with van der Waals surface area (Å²) >= 11 is 3.56. The number of aromatic nitrogens is 3. The van der Waals surface area contributed by atoms with Crippen molar-refractivity contribution in [2.45, 2.75) is 13.8 Å². The zero-order chi connectivity index (χ0) is 24.6. The van der Waals surface area contributed by atoms with Crippen molar-refractivity contribution in [1.82, 2.24) is 14.5 Å². The van der Waals surface area contributed by atoms with E-state index < -0.39 is 0 Å². The van der Waals surface area contributed by atoms with Gasteiger partial charge in [0, 0.05) is 53.8 Å². The summed E-state index contributed by atoms with van der Waals surface area (Å²) in [6.07, 6.45) is 3.91. The molecule has 0 atom stereocenters. The van der Waals surface area contributed by atoms with E-state index >= 15 is 0 Å². The Hall–Kier alpha value is -3.64. The SMILES string of the molecule is Cc1ccc(C)c(N2CCN(c3ncnc4c3c(-c3ccccc3)cn4-c3ccc(Br)cc3)CC2)c1. The van der Waals surface area contributed by atoms with Gasteiger partial charge in [-0.15, -0.1) is 0 Å². The van der Waals surface area contributed by atoms with Gasteiger partial charge in [-0.05, 0) is 60.9 Å². The lowest BCUT2D eigenvalue weighted by Gasteiger charge is -2.37. The van der Waals surface area contributed by atoms with E-state index in [0.29, 0.717) is 0 Å². The lowest BCUT2D eigenvalue weighted by atomic mass is 10.1. The van der Waals surface area contributed by atoms with Crippen LogP contribution in [-0.4, -0.2) is 40.7 Å². The molecule has 5 nitrogen and oxygen atoms in total. The number of nitrogens with zero attached hydrogens (tertiary/aromatic N) is 5. The summed E-state index contributed by atoms with van der Waals surface area (Å²) in [6, 6.07) is 25.6. The van der Waals surface area contributed by atoms with Crippen molar-refractivity contribution in [2.24, 2.45) is 0 Å². The Balaban J connectivity index is 1.41. The second-order valence-corrected chi connectivity index (χ2v) is 10.3. The minimum absolute atomic E-state index is 0.914. The fraction of sp³-hybridized carbons (Fsp3) is 0.200. The van der Waals surface area contributed by atoms with Crippen LogP contribution in [0.1, 0.15) is 11.1 Å². The minimum atomic E-state index is 0.914. The lowest BCUT2D eigenvalue weighted by molar-refractivity contribution is 0.647. The molecule has 0 aliphatic carbocycles. The molecule has 2 aromatic heterocycles. The maximum absolute atomic E-state index is 4.84. The molecule has 1 saturated heterocycles. The molecular formula is C30H28BrN5. The van der Waals surface area contributed by atoms with Crippen LogP contribution in [0.5, 0.6) is 0 Å².